The second-order valence-electron chi connectivity index (χ2n) is 16.2. The molecule has 0 radical (unpaired) electrons. The lowest BCUT2D eigenvalue weighted by Crippen LogP contribution is -2.36. The van der Waals surface area contributed by atoms with Gasteiger partial charge in [0.15, 0.2) is 0 Å². The van der Waals surface area contributed by atoms with Gasteiger partial charge in [-0.05, 0) is 115 Å². The Balaban J connectivity index is 1.16. The average Bonchev–Trinajstić information content (AvgIpc) is 3.65. The van der Waals surface area contributed by atoms with Crippen LogP contribution in [0.1, 0.15) is 22.3 Å². The van der Waals surface area contributed by atoms with Crippen molar-refractivity contribution in [2.45, 2.75) is 5.41 Å². The van der Waals surface area contributed by atoms with E-state index in [0.717, 1.165) is 39.3 Å². The third-order valence-electron chi connectivity index (χ3n) is 12.9. The minimum absolute atomic E-state index is 0.608. The number of para-hydroxylation sites is 3. The summed E-state index contributed by atoms with van der Waals surface area (Å²) in [6, 6.07) is 88.4. The molecule has 12 rings (SSSR count). The third-order valence-corrected chi connectivity index (χ3v) is 12.9. The van der Waals surface area contributed by atoms with Crippen molar-refractivity contribution in [3.05, 3.63) is 265 Å². The van der Waals surface area contributed by atoms with Crippen molar-refractivity contribution in [2.75, 3.05) is 4.90 Å². The molecule has 0 bridgehead atoms. The van der Waals surface area contributed by atoms with Crippen molar-refractivity contribution < 1.29 is 0 Å². The molecule has 10 aromatic rings. The van der Waals surface area contributed by atoms with Gasteiger partial charge in [-0.25, -0.2) is 4.98 Å². The topological polar surface area (TPSA) is 16.1 Å². The molecule has 2 heteroatoms. The lowest BCUT2D eigenvalue weighted by atomic mass is 9.64. The van der Waals surface area contributed by atoms with Crippen molar-refractivity contribution in [2.24, 2.45) is 0 Å². The second kappa shape index (κ2) is 14.6. The number of benzene rings is 9. The van der Waals surface area contributed by atoms with Crippen LogP contribution >= 0.6 is 0 Å². The first-order valence-corrected chi connectivity index (χ1v) is 21.4. The Hall–Kier alpha value is -8.07. The lowest BCUT2D eigenvalue weighted by molar-refractivity contribution is 0.753. The van der Waals surface area contributed by atoms with Crippen LogP contribution < -0.4 is 4.90 Å². The Bertz CT molecular complexity index is 3180. The molecular formula is C60H40N2. The monoisotopic (exact) mass is 788 g/mol. The van der Waals surface area contributed by atoms with E-state index in [4.69, 9.17) is 4.98 Å². The van der Waals surface area contributed by atoms with Crippen LogP contribution in [0.2, 0.25) is 0 Å². The van der Waals surface area contributed by atoms with Crippen molar-refractivity contribution >= 4 is 17.1 Å². The first-order valence-electron chi connectivity index (χ1n) is 21.4. The smallest absolute Gasteiger partial charge is 0.0754 e. The van der Waals surface area contributed by atoms with Crippen LogP contribution in [0.3, 0.4) is 0 Å². The number of hydrogen-bond donors (Lipinski definition) is 0. The minimum atomic E-state index is -0.608. The maximum absolute atomic E-state index is 5.54. The third kappa shape index (κ3) is 5.61. The molecule has 1 spiro atoms. The number of anilines is 3. The molecule has 1 aliphatic carbocycles. The molecule has 290 valence electrons. The average molecular weight is 789 g/mol. The van der Waals surface area contributed by atoms with E-state index in [-0.39, 0.29) is 0 Å². The van der Waals surface area contributed by atoms with Gasteiger partial charge in [-0.2, -0.15) is 0 Å². The number of hydrogen-bond acceptors (Lipinski definition) is 2. The highest BCUT2D eigenvalue weighted by Crippen LogP contribution is 2.64. The van der Waals surface area contributed by atoms with Gasteiger partial charge in [0.2, 0.25) is 0 Å². The SMILES string of the molecule is c1ccc(-c2cccc(-c3ccc4c(c3)-c3c(-c5cc(-c6ccccc6)cc(-c6ccccc6)n5)cccc3C43c4ccccc4N(c4ccccc4)c4ccccc43)c2)cc1. The largest absolute Gasteiger partial charge is 0.310 e. The molecule has 2 heterocycles. The standard InChI is InChI=1S/C60H40N2/c1-5-19-41(20-6-1)44-25-17-26-45(37-44)46-35-36-51-50(38-46)59-49(56-40-47(42-21-7-2-8-22-42)39-55(61-56)43-23-9-3-10-24-43)29-18-32-54(59)60(51)52-30-13-15-33-57(52)62(48-27-11-4-12-28-48)58-34-16-14-31-53(58)60/h1-40H. The van der Waals surface area contributed by atoms with Crippen LogP contribution in [-0.2, 0) is 5.41 Å². The maximum Gasteiger partial charge on any atom is 0.0754 e. The van der Waals surface area contributed by atoms with E-state index in [0.29, 0.717) is 0 Å². The summed E-state index contributed by atoms with van der Waals surface area (Å²) in [6.45, 7) is 0. The Labute approximate surface area is 362 Å². The summed E-state index contributed by atoms with van der Waals surface area (Å²) < 4.78 is 0. The van der Waals surface area contributed by atoms with E-state index < -0.39 is 5.41 Å². The van der Waals surface area contributed by atoms with Crippen molar-refractivity contribution in [3.63, 3.8) is 0 Å². The van der Waals surface area contributed by atoms with Crippen molar-refractivity contribution in [1.29, 1.82) is 0 Å². The fraction of sp³-hybridized carbons (Fsp3) is 0.0167. The summed E-state index contributed by atoms with van der Waals surface area (Å²) in [4.78, 5) is 7.98. The molecule has 0 saturated carbocycles. The maximum atomic E-state index is 5.54. The highest BCUT2D eigenvalue weighted by Gasteiger charge is 2.52. The van der Waals surface area contributed by atoms with E-state index in [1.807, 2.05) is 0 Å². The summed E-state index contributed by atoms with van der Waals surface area (Å²) in [5, 5.41) is 0. The van der Waals surface area contributed by atoms with Gasteiger partial charge in [-0.1, -0.05) is 194 Å². The van der Waals surface area contributed by atoms with Crippen LogP contribution in [-0.4, -0.2) is 4.98 Å². The Morgan fingerprint density at radius 1 is 0.290 bits per heavy atom. The fourth-order valence-corrected chi connectivity index (χ4v) is 10.2. The number of aromatic nitrogens is 1. The molecule has 2 aliphatic rings. The lowest BCUT2D eigenvalue weighted by Gasteiger charge is -2.45. The summed E-state index contributed by atoms with van der Waals surface area (Å²) in [5.74, 6) is 0. The first kappa shape index (κ1) is 35.8. The van der Waals surface area contributed by atoms with Gasteiger partial charge in [0, 0.05) is 16.8 Å². The Kier molecular flexibility index (Phi) is 8.43. The van der Waals surface area contributed by atoms with E-state index in [1.54, 1.807) is 0 Å². The summed E-state index contributed by atoms with van der Waals surface area (Å²) in [7, 11) is 0. The van der Waals surface area contributed by atoms with Crippen molar-refractivity contribution in [3.8, 4) is 67.0 Å². The molecule has 0 fully saturated rings. The predicted octanol–water partition coefficient (Wildman–Crippen LogP) is 15.6. The first-order chi connectivity index (χ1) is 30.8. The van der Waals surface area contributed by atoms with Gasteiger partial charge in [-0.15, -0.1) is 0 Å². The fourth-order valence-electron chi connectivity index (χ4n) is 10.2. The zero-order valence-electron chi connectivity index (χ0n) is 34.0. The zero-order chi connectivity index (χ0) is 41.0. The highest BCUT2D eigenvalue weighted by atomic mass is 15.2. The summed E-state index contributed by atoms with van der Waals surface area (Å²) in [5.41, 5.74) is 21.6. The van der Waals surface area contributed by atoms with E-state index in [2.05, 4.69) is 248 Å². The summed E-state index contributed by atoms with van der Waals surface area (Å²) >= 11 is 0. The van der Waals surface area contributed by atoms with Gasteiger partial charge in [-0.3, -0.25) is 0 Å². The quantitative estimate of drug-likeness (QED) is 0.167. The molecule has 62 heavy (non-hydrogen) atoms. The molecular weight excluding hydrogens is 749 g/mol. The van der Waals surface area contributed by atoms with Gasteiger partial charge < -0.3 is 4.90 Å². The van der Waals surface area contributed by atoms with Crippen LogP contribution in [0.25, 0.3) is 67.0 Å². The van der Waals surface area contributed by atoms with Crippen LogP contribution in [0, 0.1) is 0 Å². The number of nitrogens with zero attached hydrogens (tertiary/aromatic N) is 2. The molecule has 0 unspecified atom stereocenters. The Morgan fingerprint density at radius 3 is 1.44 bits per heavy atom. The molecule has 1 aliphatic heterocycles. The van der Waals surface area contributed by atoms with E-state index in [9.17, 15) is 0 Å². The zero-order valence-corrected chi connectivity index (χ0v) is 34.0. The number of pyridine rings is 1. The molecule has 0 saturated heterocycles. The highest BCUT2D eigenvalue weighted by molar-refractivity contribution is 6.01. The van der Waals surface area contributed by atoms with Gasteiger partial charge in [0.25, 0.3) is 0 Å². The van der Waals surface area contributed by atoms with Crippen LogP contribution in [0.4, 0.5) is 17.1 Å². The summed E-state index contributed by atoms with van der Waals surface area (Å²) in [6.07, 6.45) is 0. The van der Waals surface area contributed by atoms with Crippen LogP contribution in [0.5, 0.6) is 0 Å². The minimum Gasteiger partial charge on any atom is -0.310 e. The number of fused-ring (bicyclic) bond motifs is 9. The molecule has 0 atom stereocenters. The van der Waals surface area contributed by atoms with Gasteiger partial charge >= 0.3 is 0 Å². The van der Waals surface area contributed by atoms with Gasteiger partial charge in [0.1, 0.15) is 0 Å². The van der Waals surface area contributed by atoms with Crippen LogP contribution in [0.15, 0.2) is 243 Å². The van der Waals surface area contributed by atoms with Gasteiger partial charge in [0.05, 0.1) is 28.2 Å². The molecule has 1 aromatic heterocycles. The number of rotatable bonds is 6. The molecule has 9 aromatic carbocycles. The van der Waals surface area contributed by atoms with E-state index in [1.165, 1.54) is 67.0 Å². The molecule has 0 amide bonds. The normalized spacial score (nSPS) is 12.9. The van der Waals surface area contributed by atoms with E-state index >= 15 is 0 Å². The van der Waals surface area contributed by atoms with Crippen molar-refractivity contribution in [1.82, 2.24) is 4.98 Å². The predicted molar refractivity (Wildman–Crippen MR) is 257 cm³/mol. The Morgan fingerprint density at radius 2 is 0.774 bits per heavy atom. The second-order valence-corrected chi connectivity index (χ2v) is 16.2. The molecule has 2 nitrogen and oxygen atoms in total. The molecule has 0 N–H and O–H groups in total.